The Balaban J connectivity index is 1.52. The average Bonchev–Trinajstić information content (AvgIpc) is 2.76. The molecule has 1 aliphatic rings. The maximum atomic E-state index is 4.41. The number of aryl methyl sites for hydroxylation is 1. The topological polar surface area (TPSA) is 25.8 Å². The summed E-state index contributed by atoms with van der Waals surface area (Å²) in [4.78, 5) is 8.83. The molecule has 0 unspecified atom stereocenters. The fraction of sp³-hybridized carbons (Fsp3) is 0.538. The monoisotopic (exact) mass is 374 g/mol. The van der Waals surface area contributed by atoms with E-state index in [-0.39, 0.29) is 0 Å². The molecule has 0 atom stereocenters. The third-order valence-electron chi connectivity index (χ3n) is 6.15. The number of hydrogen-bond donors (Lipinski definition) is 0. The predicted octanol–water partition coefficient (Wildman–Crippen LogP) is 6.68. The summed E-state index contributed by atoms with van der Waals surface area (Å²) in [5.41, 5.74) is 3.73. The van der Waals surface area contributed by atoms with Crippen molar-refractivity contribution in [3.8, 4) is 11.8 Å². The van der Waals surface area contributed by atoms with Gasteiger partial charge in [-0.05, 0) is 79.5 Å². The quantitative estimate of drug-likeness (QED) is 0.399. The van der Waals surface area contributed by atoms with E-state index in [9.17, 15) is 0 Å². The first-order valence-corrected chi connectivity index (χ1v) is 11.2. The molecule has 1 aromatic carbocycles. The van der Waals surface area contributed by atoms with E-state index in [0.717, 1.165) is 23.8 Å². The molecule has 1 aliphatic carbocycles. The highest BCUT2D eigenvalue weighted by atomic mass is 14.8. The fourth-order valence-corrected chi connectivity index (χ4v) is 4.18. The second-order valence-corrected chi connectivity index (χ2v) is 8.22. The molecule has 0 radical (unpaired) electrons. The van der Waals surface area contributed by atoms with Crippen molar-refractivity contribution < 1.29 is 0 Å². The molecule has 148 valence electrons. The molecule has 1 heterocycles. The number of hydrogen-bond acceptors (Lipinski definition) is 2. The van der Waals surface area contributed by atoms with Crippen LogP contribution in [0.3, 0.4) is 0 Å². The summed E-state index contributed by atoms with van der Waals surface area (Å²) >= 11 is 0. The van der Waals surface area contributed by atoms with Crippen LogP contribution < -0.4 is 0 Å². The minimum atomic E-state index is 0.610. The van der Waals surface area contributed by atoms with Gasteiger partial charge in [-0.25, -0.2) is 9.97 Å². The van der Waals surface area contributed by atoms with Crippen LogP contribution in [0.15, 0.2) is 36.7 Å². The first-order chi connectivity index (χ1) is 13.8. The van der Waals surface area contributed by atoms with Crippen LogP contribution in [-0.4, -0.2) is 9.97 Å². The maximum Gasteiger partial charge on any atom is 0.205 e. The average molecular weight is 375 g/mol. The molecule has 0 saturated heterocycles. The van der Waals surface area contributed by atoms with E-state index in [0.29, 0.717) is 5.82 Å². The van der Waals surface area contributed by atoms with Gasteiger partial charge in [0.1, 0.15) is 0 Å². The van der Waals surface area contributed by atoms with Crippen molar-refractivity contribution in [2.24, 2.45) is 5.92 Å². The molecule has 28 heavy (non-hydrogen) atoms. The summed E-state index contributed by atoms with van der Waals surface area (Å²) in [6.45, 7) is 4.56. The lowest BCUT2D eigenvalue weighted by molar-refractivity contribution is 0.319. The van der Waals surface area contributed by atoms with E-state index in [1.165, 1.54) is 68.9 Å². The molecular weight excluding hydrogens is 340 g/mol. The normalized spacial score (nSPS) is 19.1. The van der Waals surface area contributed by atoms with Crippen LogP contribution in [0.1, 0.15) is 100 Å². The van der Waals surface area contributed by atoms with Gasteiger partial charge in [0.2, 0.25) is 5.82 Å². The molecule has 2 aromatic rings. The van der Waals surface area contributed by atoms with Crippen molar-refractivity contribution in [1.82, 2.24) is 9.97 Å². The van der Waals surface area contributed by atoms with Gasteiger partial charge in [0.05, 0.1) is 0 Å². The summed E-state index contributed by atoms with van der Waals surface area (Å²) in [7, 11) is 0. The van der Waals surface area contributed by atoms with Gasteiger partial charge >= 0.3 is 0 Å². The van der Waals surface area contributed by atoms with Gasteiger partial charge in [0, 0.05) is 18.0 Å². The van der Waals surface area contributed by atoms with E-state index in [2.05, 4.69) is 59.9 Å². The highest BCUT2D eigenvalue weighted by Crippen LogP contribution is 2.36. The number of rotatable bonds is 7. The van der Waals surface area contributed by atoms with Crippen molar-refractivity contribution in [1.29, 1.82) is 0 Å². The molecule has 1 saturated carbocycles. The zero-order valence-electron chi connectivity index (χ0n) is 17.6. The second kappa shape index (κ2) is 11.0. The predicted molar refractivity (Wildman–Crippen MR) is 117 cm³/mol. The molecule has 0 amide bonds. The molecule has 0 aliphatic heterocycles. The van der Waals surface area contributed by atoms with Gasteiger partial charge < -0.3 is 0 Å². The van der Waals surface area contributed by atoms with Crippen molar-refractivity contribution in [3.05, 3.63) is 59.2 Å². The molecule has 0 spiro atoms. The lowest BCUT2D eigenvalue weighted by Gasteiger charge is -2.28. The maximum absolute atomic E-state index is 4.41. The van der Waals surface area contributed by atoms with Gasteiger partial charge in [-0.15, -0.1) is 0 Å². The highest BCUT2D eigenvalue weighted by molar-refractivity contribution is 5.40. The summed E-state index contributed by atoms with van der Waals surface area (Å²) in [6, 6.07) is 8.83. The Bertz CT molecular complexity index is 757. The third-order valence-corrected chi connectivity index (χ3v) is 6.15. The van der Waals surface area contributed by atoms with Crippen LogP contribution in [0.4, 0.5) is 0 Å². The van der Waals surface area contributed by atoms with Crippen LogP contribution in [0.25, 0.3) is 0 Å². The van der Waals surface area contributed by atoms with E-state index in [4.69, 9.17) is 0 Å². The molecule has 3 rings (SSSR count). The summed E-state index contributed by atoms with van der Waals surface area (Å²) in [5.74, 6) is 8.61. The fourth-order valence-electron chi connectivity index (χ4n) is 4.18. The van der Waals surface area contributed by atoms with E-state index >= 15 is 0 Å². The van der Waals surface area contributed by atoms with Crippen LogP contribution in [0.2, 0.25) is 0 Å². The number of benzene rings is 1. The Morgan fingerprint density at radius 3 is 2.21 bits per heavy atom. The Morgan fingerprint density at radius 2 is 1.57 bits per heavy atom. The Labute approximate surface area is 171 Å². The van der Waals surface area contributed by atoms with Crippen molar-refractivity contribution in [3.63, 3.8) is 0 Å². The van der Waals surface area contributed by atoms with Gasteiger partial charge in [0.25, 0.3) is 0 Å². The van der Waals surface area contributed by atoms with E-state index in [1.807, 2.05) is 12.4 Å². The zero-order valence-corrected chi connectivity index (χ0v) is 17.6. The molecule has 2 heteroatoms. The Hall–Kier alpha value is -2.14. The van der Waals surface area contributed by atoms with Crippen LogP contribution in [0.5, 0.6) is 0 Å². The van der Waals surface area contributed by atoms with Crippen LogP contribution in [0, 0.1) is 17.8 Å². The van der Waals surface area contributed by atoms with Gasteiger partial charge in [0.15, 0.2) is 0 Å². The van der Waals surface area contributed by atoms with E-state index < -0.39 is 0 Å². The standard InChI is InChI=1S/C26H34N2/c1-3-5-6-7-8-23-19-27-26(28-20-23)18-13-22-11-16-25(17-12-22)24-14-9-21(4-2)10-15-24/h11-12,16-17,19-21,24H,3-10,14-15H2,1-2H3. The van der Waals surface area contributed by atoms with Crippen LogP contribution >= 0.6 is 0 Å². The number of nitrogens with zero attached hydrogens (tertiary/aromatic N) is 2. The minimum absolute atomic E-state index is 0.610. The zero-order chi connectivity index (χ0) is 19.6. The first kappa shape index (κ1) is 20.6. The van der Waals surface area contributed by atoms with Gasteiger partial charge in [-0.1, -0.05) is 57.6 Å². The number of unbranched alkanes of at least 4 members (excludes halogenated alkanes) is 3. The third kappa shape index (κ3) is 6.20. The molecular formula is C26H34N2. The Morgan fingerprint density at radius 1 is 0.857 bits per heavy atom. The molecule has 1 fully saturated rings. The van der Waals surface area contributed by atoms with Crippen molar-refractivity contribution in [2.45, 2.75) is 84.0 Å². The van der Waals surface area contributed by atoms with Crippen LogP contribution in [-0.2, 0) is 6.42 Å². The van der Waals surface area contributed by atoms with Gasteiger partial charge in [-0.3, -0.25) is 0 Å². The second-order valence-electron chi connectivity index (χ2n) is 8.22. The summed E-state index contributed by atoms with van der Waals surface area (Å²) in [5, 5.41) is 0. The minimum Gasteiger partial charge on any atom is -0.229 e. The van der Waals surface area contributed by atoms with E-state index in [1.54, 1.807) is 0 Å². The first-order valence-electron chi connectivity index (χ1n) is 11.2. The highest BCUT2D eigenvalue weighted by Gasteiger charge is 2.20. The van der Waals surface area contributed by atoms with Crippen molar-refractivity contribution >= 4 is 0 Å². The SMILES string of the molecule is CCCCCCc1cnc(C#Cc2ccc(C3CCC(CC)CC3)cc2)nc1. The van der Waals surface area contributed by atoms with Crippen molar-refractivity contribution in [2.75, 3.05) is 0 Å². The smallest absolute Gasteiger partial charge is 0.205 e. The Kier molecular flexibility index (Phi) is 8.09. The molecule has 2 nitrogen and oxygen atoms in total. The lowest BCUT2D eigenvalue weighted by atomic mass is 9.78. The largest absolute Gasteiger partial charge is 0.229 e. The lowest BCUT2D eigenvalue weighted by Crippen LogP contribution is -2.12. The number of aromatic nitrogens is 2. The molecule has 0 N–H and O–H groups in total. The molecule has 0 bridgehead atoms. The van der Waals surface area contributed by atoms with Gasteiger partial charge in [-0.2, -0.15) is 0 Å². The summed E-state index contributed by atoms with van der Waals surface area (Å²) < 4.78 is 0. The molecule has 1 aromatic heterocycles. The summed E-state index contributed by atoms with van der Waals surface area (Å²) in [6.07, 6.45) is 16.8.